The second kappa shape index (κ2) is 5.31. The number of nitrogens with zero attached hydrogens (tertiary/aromatic N) is 1. The van der Waals surface area contributed by atoms with Crippen LogP contribution in [0.25, 0.3) is 0 Å². The number of hydrogen-bond donors (Lipinski definition) is 1. The van der Waals surface area contributed by atoms with Crippen molar-refractivity contribution in [3.05, 3.63) is 59.4 Å². The van der Waals surface area contributed by atoms with E-state index < -0.39 is 15.8 Å². The van der Waals surface area contributed by atoms with Crippen molar-refractivity contribution in [2.45, 2.75) is 11.8 Å². The molecule has 6 heteroatoms. The van der Waals surface area contributed by atoms with Crippen LogP contribution in [0.15, 0.2) is 47.4 Å². The van der Waals surface area contributed by atoms with E-state index in [0.29, 0.717) is 0 Å². The van der Waals surface area contributed by atoms with Crippen LogP contribution in [0.5, 0.6) is 0 Å². The average molecular weight is 290 g/mol. The summed E-state index contributed by atoms with van der Waals surface area (Å²) >= 11 is 0. The van der Waals surface area contributed by atoms with E-state index in [1.165, 1.54) is 25.1 Å². The first kappa shape index (κ1) is 14.0. The van der Waals surface area contributed by atoms with Crippen molar-refractivity contribution >= 4 is 15.7 Å². The molecule has 2 aromatic carbocycles. The summed E-state index contributed by atoms with van der Waals surface area (Å²) in [5, 5.41) is 8.80. The molecule has 0 amide bonds. The molecule has 0 fully saturated rings. The van der Waals surface area contributed by atoms with Crippen LogP contribution in [0.4, 0.5) is 10.1 Å². The van der Waals surface area contributed by atoms with Crippen LogP contribution >= 0.6 is 0 Å². The lowest BCUT2D eigenvalue weighted by Crippen LogP contribution is -2.14. The summed E-state index contributed by atoms with van der Waals surface area (Å²) < 4.78 is 40.2. The SMILES string of the molecule is Cc1c(F)cc(C#N)cc1NS(=O)(=O)c1ccccc1. The summed E-state index contributed by atoms with van der Waals surface area (Å²) in [5.41, 5.74) is 0.257. The fraction of sp³-hybridized carbons (Fsp3) is 0.0714. The van der Waals surface area contributed by atoms with E-state index in [9.17, 15) is 12.8 Å². The van der Waals surface area contributed by atoms with Gasteiger partial charge in [-0.1, -0.05) is 18.2 Å². The van der Waals surface area contributed by atoms with Gasteiger partial charge in [0.25, 0.3) is 10.0 Å². The molecule has 0 unspecified atom stereocenters. The monoisotopic (exact) mass is 290 g/mol. The highest BCUT2D eigenvalue weighted by Gasteiger charge is 2.16. The minimum atomic E-state index is -3.80. The van der Waals surface area contributed by atoms with Gasteiger partial charge in [0.2, 0.25) is 0 Å². The van der Waals surface area contributed by atoms with Crippen LogP contribution in [0.2, 0.25) is 0 Å². The number of hydrogen-bond acceptors (Lipinski definition) is 3. The van der Waals surface area contributed by atoms with Gasteiger partial charge in [-0.05, 0) is 31.2 Å². The van der Waals surface area contributed by atoms with Gasteiger partial charge in [-0.15, -0.1) is 0 Å². The molecule has 0 aliphatic carbocycles. The first-order chi connectivity index (χ1) is 9.44. The number of anilines is 1. The van der Waals surface area contributed by atoms with E-state index in [1.807, 2.05) is 0 Å². The highest BCUT2D eigenvalue weighted by molar-refractivity contribution is 7.92. The van der Waals surface area contributed by atoms with Gasteiger partial charge in [0.05, 0.1) is 22.2 Å². The van der Waals surface area contributed by atoms with Crippen molar-refractivity contribution in [1.82, 2.24) is 0 Å². The Kier molecular flexibility index (Phi) is 3.72. The standard InChI is InChI=1S/C14H11FN2O2S/c1-10-13(15)7-11(9-16)8-14(10)17-20(18,19)12-5-3-2-4-6-12/h2-8,17H,1H3. The van der Waals surface area contributed by atoms with Gasteiger partial charge in [-0.3, -0.25) is 4.72 Å². The highest BCUT2D eigenvalue weighted by Crippen LogP contribution is 2.23. The van der Waals surface area contributed by atoms with Crippen molar-refractivity contribution < 1.29 is 12.8 Å². The van der Waals surface area contributed by atoms with Gasteiger partial charge in [-0.2, -0.15) is 5.26 Å². The van der Waals surface area contributed by atoms with Crippen LogP contribution in [-0.2, 0) is 10.0 Å². The predicted octanol–water partition coefficient (Wildman–Crippen LogP) is 2.81. The lowest BCUT2D eigenvalue weighted by Gasteiger charge is -2.11. The fourth-order valence-corrected chi connectivity index (χ4v) is 2.79. The Hall–Kier alpha value is -2.39. The molecule has 0 atom stereocenters. The summed E-state index contributed by atoms with van der Waals surface area (Å²) in [5.74, 6) is -0.630. The molecule has 2 aromatic rings. The molecular weight excluding hydrogens is 279 g/mol. The fourth-order valence-electron chi connectivity index (χ4n) is 1.65. The van der Waals surface area contributed by atoms with Gasteiger partial charge in [0.15, 0.2) is 0 Å². The maximum Gasteiger partial charge on any atom is 0.261 e. The minimum Gasteiger partial charge on any atom is -0.279 e. The predicted molar refractivity (Wildman–Crippen MR) is 73.1 cm³/mol. The van der Waals surface area contributed by atoms with Crippen molar-refractivity contribution in [3.8, 4) is 6.07 Å². The smallest absolute Gasteiger partial charge is 0.261 e. The average Bonchev–Trinajstić information content (AvgIpc) is 2.44. The van der Waals surface area contributed by atoms with E-state index in [2.05, 4.69) is 4.72 Å². The van der Waals surface area contributed by atoms with Gasteiger partial charge in [0.1, 0.15) is 5.82 Å². The second-order valence-electron chi connectivity index (χ2n) is 4.16. The number of halogens is 1. The summed E-state index contributed by atoms with van der Waals surface area (Å²) in [6.07, 6.45) is 0. The maximum absolute atomic E-state index is 13.6. The zero-order valence-electron chi connectivity index (χ0n) is 10.6. The molecule has 0 aliphatic rings. The van der Waals surface area contributed by atoms with E-state index in [0.717, 1.165) is 6.07 Å². The number of nitrogens with one attached hydrogen (secondary N) is 1. The zero-order chi connectivity index (χ0) is 14.8. The van der Waals surface area contributed by atoms with Gasteiger partial charge in [-0.25, -0.2) is 12.8 Å². The summed E-state index contributed by atoms with van der Waals surface area (Å²) in [7, 11) is -3.80. The van der Waals surface area contributed by atoms with E-state index in [-0.39, 0.29) is 21.7 Å². The normalized spacial score (nSPS) is 10.8. The van der Waals surface area contributed by atoms with Crippen LogP contribution < -0.4 is 4.72 Å². The Labute approximate surface area is 116 Å². The maximum atomic E-state index is 13.6. The largest absolute Gasteiger partial charge is 0.279 e. The molecule has 1 N–H and O–H groups in total. The summed E-state index contributed by atoms with van der Waals surface area (Å²) in [6.45, 7) is 1.44. The Morgan fingerprint density at radius 2 is 1.85 bits per heavy atom. The third kappa shape index (κ3) is 2.78. The molecule has 0 radical (unpaired) electrons. The summed E-state index contributed by atoms with van der Waals surface area (Å²) in [4.78, 5) is 0.0715. The molecule has 4 nitrogen and oxygen atoms in total. The Morgan fingerprint density at radius 1 is 1.20 bits per heavy atom. The minimum absolute atomic E-state index is 0.0545. The van der Waals surface area contributed by atoms with Crippen molar-refractivity contribution in [3.63, 3.8) is 0 Å². The molecule has 0 spiro atoms. The first-order valence-electron chi connectivity index (χ1n) is 5.72. The molecular formula is C14H11FN2O2S. The Bertz CT molecular complexity index is 781. The molecule has 2 rings (SSSR count). The van der Waals surface area contributed by atoms with Gasteiger partial charge in [0, 0.05) is 5.56 Å². The second-order valence-corrected chi connectivity index (χ2v) is 5.84. The van der Waals surface area contributed by atoms with Gasteiger partial charge < -0.3 is 0 Å². The summed E-state index contributed by atoms with van der Waals surface area (Å²) in [6, 6.07) is 11.9. The van der Waals surface area contributed by atoms with Crippen molar-refractivity contribution in [2.24, 2.45) is 0 Å². The van der Waals surface area contributed by atoms with Crippen LogP contribution in [0, 0.1) is 24.1 Å². The highest BCUT2D eigenvalue weighted by atomic mass is 32.2. The van der Waals surface area contributed by atoms with Crippen molar-refractivity contribution in [1.29, 1.82) is 5.26 Å². The van der Waals surface area contributed by atoms with Gasteiger partial charge >= 0.3 is 0 Å². The van der Waals surface area contributed by atoms with Crippen molar-refractivity contribution in [2.75, 3.05) is 4.72 Å². The van der Waals surface area contributed by atoms with E-state index in [1.54, 1.807) is 24.3 Å². The molecule has 0 aliphatic heterocycles. The molecule has 0 saturated heterocycles. The third-order valence-corrected chi connectivity index (χ3v) is 4.15. The Morgan fingerprint density at radius 3 is 2.45 bits per heavy atom. The quantitative estimate of drug-likeness (QED) is 0.945. The molecule has 0 aromatic heterocycles. The first-order valence-corrected chi connectivity index (χ1v) is 7.20. The number of nitriles is 1. The van der Waals surface area contributed by atoms with Crippen LogP contribution in [0.1, 0.15) is 11.1 Å². The number of sulfonamides is 1. The third-order valence-electron chi connectivity index (χ3n) is 2.77. The lowest BCUT2D eigenvalue weighted by molar-refractivity contribution is 0.600. The molecule has 0 bridgehead atoms. The van der Waals surface area contributed by atoms with E-state index in [4.69, 9.17) is 5.26 Å². The Balaban J connectivity index is 2.45. The number of benzene rings is 2. The molecule has 0 saturated carbocycles. The van der Waals surface area contributed by atoms with Crippen LogP contribution in [0.3, 0.4) is 0 Å². The van der Waals surface area contributed by atoms with Crippen LogP contribution in [-0.4, -0.2) is 8.42 Å². The molecule has 0 heterocycles. The molecule has 102 valence electrons. The lowest BCUT2D eigenvalue weighted by atomic mass is 10.1. The number of rotatable bonds is 3. The van der Waals surface area contributed by atoms with E-state index >= 15 is 0 Å². The zero-order valence-corrected chi connectivity index (χ0v) is 11.4. The topological polar surface area (TPSA) is 70.0 Å². The molecule has 20 heavy (non-hydrogen) atoms.